The molecule has 0 aliphatic carbocycles. The van der Waals surface area contributed by atoms with Gasteiger partial charge in [0.15, 0.2) is 0 Å². The molecule has 0 spiro atoms. The van der Waals surface area contributed by atoms with Crippen molar-refractivity contribution in [3.05, 3.63) is 29.6 Å². The third-order valence-corrected chi connectivity index (χ3v) is 3.14. The van der Waals surface area contributed by atoms with Crippen LogP contribution >= 0.6 is 0 Å². The lowest BCUT2D eigenvalue weighted by Crippen LogP contribution is -2.30. The fourth-order valence-electron chi connectivity index (χ4n) is 2.12. The molecule has 1 fully saturated rings. The highest BCUT2D eigenvalue weighted by Crippen LogP contribution is 2.19. The smallest absolute Gasteiger partial charge is 0.222 e. The number of halogens is 1. The lowest BCUT2D eigenvalue weighted by Gasteiger charge is -2.21. The highest BCUT2D eigenvalue weighted by atomic mass is 19.1. The molecule has 0 radical (unpaired) electrons. The first-order chi connectivity index (χ1) is 8.16. The van der Waals surface area contributed by atoms with E-state index in [2.05, 4.69) is 0 Å². The van der Waals surface area contributed by atoms with Gasteiger partial charge < -0.3 is 10.6 Å². The van der Waals surface area contributed by atoms with Crippen LogP contribution in [0.1, 0.15) is 31.2 Å². The van der Waals surface area contributed by atoms with E-state index in [0.29, 0.717) is 24.2 Å². The van der Waals surface area contributed by atoms with E-state index >= 15 is 0 Å². The second-order valence-electron chi connectivity index (χ2n) is 4.47. The van der Waals surface area contributed by atoms with Crippen LogP contribution in [0.2, 0.25) is 0 Å². The molecule has 1 heterocycles. The molecule has 0 saturated carbocycles. The summed E-state index contributed by atoms with van der Waals surface area (Å²) in [6, 6.07) is 4.30. The van der Waals surface area contributed by atoms with Gasteiger partial charge in [0, 0.05) is 25.2 Å². The zero-order chi connectivity index (χ0) is 12.3. The number of rotatable bonds is 2. The number of nitrogens with zero attached hydrogens (tertiary/aromatic N) is 1. The minimum Gasteiger partial charge on any atom is -0.398 e. The predicted octanol–water partition coefficient (Wildman–Crippen LogP) is 2.31. The molecule has 1 aromatic carbocycles. The van der Waals surface area contributed by atoms with Crippen LogP contribution in [0, 0.1) is 5.82 Å². The monoisotopic (exact) mass is 236 g/mol. The Bertz CT molecular complexity index is 420. The van der Waals surface area contributed by atoms with Gasteiger partial charge in [-0.1, -0.05) is 6.42 Å². The molecule has 0 bridgehead atoms. The fourth-order valence-corrected chi connectivity index (χ4v) is 2.12. The maximum absolute atomic E-state index is 13.1. The van der Waals surface area contributed by atoms with Crippen molar-refractivity contribution < 1.29 is 9.18 Å². The van der Waals surface area contributed by atoms with Crippen LogP contribution in [0.4, 0.5) is 10.1 Å². The summed E-state index contributed by atoms with van der Waals surface area (Å²) in [5.41, 5.74) is 7.03. The summed E-state index contributed by atoms with van der Waals surface area (Å²) >= 11 is 0. The molecule has 0 unspecified atom stereocenters. The minimum absolute atomic E-state index is 0.145. The lowest BCUT2D eigenvalue weighted by molar-refractivity contribution is -0.131. The topological polar surface area (TPSA) is 46.3 Å². The van der Waals surface area contributed by atoms with Crippen molar-refractivity contribution in [2.24, 2.45) is 0 Å². The van der Waals surface area contributed by atoms with Crippen molar-refractivity contribution in [1.29, 1.82) is 0 Å². The van der Waals surface area contributed by atoms with Crippen LogP contribution in [-0.2, 0) is 11.3 Å². The average Bonchev–Trinajstić information content (AvgIpc) is 2.50. The summed E-state index contributed by atoms with van der Waals surface area (Å²) in [5, 5.41) is 0. The lowest BCUT2D eigenvalue weighted by atomic mass is 10.1. The van der Waals surface area contributed by atoms with Crippen molar-refractivity contribution in [2.45, 2.75) is 32.2 Å². The Morgan fingerprint density at radius 3 is 2.94 bits per heavy atom. The van der Waals surface area contributed by atoms with Crippen molar-refractivity contribution in [3.63, 3.8) is 0 Å². The SMILES string of the molecule is Nc1ccc(F)cc1CN1CCCCCC1=O. The molecule has 1 saturated heterocycles. The Labute approximate surface area is 100 Å². The molecule has 3 nitrogen and oxygen atoms in total. The zero-order valence-corrected chi connectivity index (χ0v) is 9.79. The Morgan fingerprint density at radius 2 is 2.12 bits per heavy atom. The molecule has 2 rings (SSSR count). The molecule has 0 atom stereocenters. The quantitative estimate of drug-likeness (QED) is 0.801. The Morgan fingerprint density at radius 1 is 1.29 bits per heavy atom. The van der Waals surface area contributed by atoms with Gasteiger partial charge >= 0.3 is 0 Å². The van der Waals surface area contributed by atoms with Gasteiger partial charge in [0.25, 0.3) is 0 Å². The van der Waals surface area contributed by atoms with Gasteiger partial charge in [-0.2, -0.15) is 0 Å². The molecule has 17 heavy (non-hydrogen) atoms. The largest absolute Gasteiger partial charge is 0.398 e. The highest BCUT2D eigenvalue weighted by molar-refractivity contribution is 5.76. The number of carbonyl (C=O) groups excluding carboxylic acids is 1. The zero-order valence-electron chi connectivity index (χ0n) is 9.79. The van der Waals surface area contributed by atoms with E-state index in [0.717, 1.165) is 25.8 Å². The number of amides is 1. The van der Waals surface area contributed by atoms with E-state index in [1.165, 1.54) is 12.1 Å². The normalized spacial score (nSPS) is 17.0. The minimum atomic E-state index is -0.309. The number of hydrogen-bond acceptors (Lipinski definition) is 2. The number of hydrogen-bond donors (Lipinski definition) is 1. The summed E-state index contributed by atoms with van der Waals surface area (Å²) < 4.78 is 13.1. The summed E-state index contributed by atoms with van der Waals surface area (Å²) in [4.78, 5) is 13.6. The van der Waals surface area contributed by atoms with E-state index in [9.17, 15) is 9.18 Å². The van der Waals surface area contributed by atoms with Crippen LogP contribution in [0.25, 0.3) is 0 Å². The fraction of sp³-hybridized carbons (Fsp3) is 0.462. The van der Waals surface area contributed by atoms with Gasteiger partial charge in [-0.05, 0) is 36.6 Å². The third kappa shape index (κ3) is 2.96. The van der Waals surface area contributed by atoms with Gasteiger partial charge in [0.1, 0.15) is 5.82 Å². The van der Waals surface area contributed by atoms with Crippen molar-refractivity contribution in [2.75, 3.05) is 12.3 Å². The van der Waals surface area contributed by atoms with Crippen molar-refractivity contribution >= 4 is 11.6 Å². The number of nitrogens with two attached hydrogens (primary N) is 1. The van der Waals surface area contributed by atoms with Gasteiger partial charge in [0.2, 0.25) is 5.91 Å². The molecule has 0 aromatic heterocycles. The second-order valence-corrected chi connectivity index (χ2v) is 4.47. The first kappa shape index (κ1) is 11.9. The first-order valence-corrected chi connectivity index (χ1v) is 5.98. The van der Waals surface area contributed by atoms with E-state index in [-0.39, 0.29) is 11.7 Å². The number of benzene rings is 1. The molecular weight excluding hydrogens is 219 g/mol. The molecule has 4 heteroatoms. The van der Waals surface area contributed by atoms with Gasteiger partial charge in [-0.15, -0.1) is 0 Å². The van der Waals surface area contributed by atoms with Gasteiger partial charge in [-0.25, -0.2) is 4.39 Å². The maximum Gasteiger partial charge on any atom is 0.222 e. The van der Waals surface area contributed by atoms with Crippen molar-refractivity contribution in [1.82, 2.24) is 4.90 Å². The summed E-state index contributed by atoms with van der Waals surface area (Å²) in [7, 11) is 0. The van der Waals surface area contributed by atoms with Crippen LogP contribution in [-0.4, -0.2) is 17.4 Å². The number of anilines is 1. The Balaban J connectivity index is 2.13. The molecule has 92 valence electrons. The first-order valence-electron chi connectivity index (χ1n) is 5.98. The summed E-state index contributed by atoms with van der Waals surface area (Å²) in [6.45, 7) is 1.16. The molecular formula is C13H17FN2O. The number of nitrogen functional groups attached to an aromatic ring is 1. The second kappa shape index (κ2) is 5.17. The molecule has 1 aliphatic rings. The summed E-state index contributed by atoms with van der Waals surface area (Å²) in [5.74, 6) is -0.164. The van der Waals surface area contributed by atoms with Crippen LogP contribution in [0.5, 0.6) is 0 Å². The third-order valence-electron chi connectivity index (χ3n) is 3.14. The average molecular weight is 236 g/mol. The molecule has 1 aromatic rings. The molecule has 2 N–H and O–H groups in total. The van der Waals surface area contributed by atoms with E-state index < -0.39 is 0 Å². The van der Waals surface area contributed by atoms with Crippen LogP contribution < -0.4 is 5.73 Å². The van der Waals surface area contributed by atoms with Crippen LogP contribution in [0.3, 0.4) is 0 Å². The Hall–Kier alpha value is -1.58. The predicted molar refractivity (Wildman–Crippen MR) is 64.7 cm³/mol. The van der Waals surface area contributed by atoms with Crippen molar-refractivity contribution in [3.8, 4) is 0 Å². The Kier molecular flexibility index (Phi) is 3.61. The molecule has 1 amide bonds. The maximum atomic E-state index is 13.1. The standard InChI is InChI=1S/C13H17FN2O/c14-11-5-6-12(15)10(8-11)9-16-7-3-1-2-4-13(16)17/h5-6,8H,1-4,7,9,15H2. The summed E-state index contributed by atoms with van der Waals surface area (Å²) in [6.07, 6.45) is 3.64. The van der Waals surface area contributed by atoms with Gasteiger partial charge in [0.05, 0.1) is 0 Å². The number of carbonyl (C=O) groups is 1. The van der Waals surface area contributed by atoms with Crippen LogP contribution in [0.15, 0.2) is 18.2 Å². The highest BCUT2D eigenvalue weighted by Gasteiger charge is 2.17. The molecule has 1 aliphatic heterocycles. The number of likely N-dealkylation sites (tertiary alicyclic amines) is 1. The van der Waals surface area contributed by atoms with E-state index in [4.69, 9.17) is 5.73 Å². The van der Waals surface area contributed by atoms with Gasteiger partial charge in [-0.3, -0.25) is 4.79 Å². The van der Waals surface area contributed by atoms with E-state index in [1.807, 2.05) is 0 Å². The van der Waals surface area contributed by atoms with E-state index in [1.54, 1.807) is 11.0 Å².